The van der Waals surface area contributed by atoms with Gasteiger partial charge in [-0.1, -0.05) is 30.3 Å². The van der Waals surface area contributed by atoms with Crippen LogP contribution in [0.15, 0.2) is 30.3 Å². The summed E-state index contributed by atoms with van der Waals surface area (Å²) >= 11 is 0. The average molecular weight is 287 g/mol. The Hall–Kier alpha value is -0.900. The largest absolute Gasteiger partial charge is 0.312 e. The van der Waals surface area contributed by atoms with Crippen LogP contribution in [0.2, 0.25) is 0 Å². The van der Waals surface area contributed by atoms with Crippen molar-refractivity contribution < 1.29 is 0 Å². The van der Waals surface area contributed by atoms with E-state index in [-0.39, 0.29) is 0 Å². The van der Waals surface area contributed by atoms with Gasteiger partial charge in [0.2, 0.25) is 0 Å². The smallest absolute Gasteiger partial charge is 0.0473 e. The van der Waals surface area contributed by atoms with Gasteiger partial charge in [-0.05, 0) is 45.8 Å². The number of benzene rings is 1. The standard InChI is InChI=1S/C18H29N3/c1-14-12-20-11-7-10-17(20)13-21(14)15(2)18(19-3)16-8-5-4-6-9-16/h4-6,8-9,14-15,17-19H,7,10-13H2,1-3H3. The van der Waals surface area contributed by atoms with E-state index in [0.29, 0.717) is 18.1 Å². The van der Waals surface area contributed by atoms with Crippen LogP contribution < -0.4 is 5.32 Å². The zero-order valence-corrected chi connectivity index (χ0v) is 13.6. The molecule has 4 unspecified atom stereocenters. The molecule has 2 aliphatic heterocycles. The minimum absolute atomic E-state index is 0.404. The van der Waals surface area contributed by atoms with Crippen LogP contribution in [-0.2, 0) is 0 Å². The lowest BCUT2D eigenvalue weighted by molar-refractivity contribution is 0.0219. The van der Waals surface area contributed by atoms with Crippen LogP contribution in [0.25, 0.3) is 0 Å². The van der Waals surface area contributed by atoms with Crippen LogP contribution >= 0.6 is 0 Å². The molecule has 2 aliphatic rings. The van der Waals surface area contributed by atoms with E-state index in [1.165, 1.54) is 38.0 Å². The first kappa shape index (κ1) is 15.0. The molecule has 0 spiro atoms. The van der Waals surface area contributed by atoms with Crippen molar-refractivity contribution >= 4 is 0 Å². The first-order chi connectivity index (χ1) is 10.2. The third-order valence-corrected chi connectivity index (χ3v) is 5.46. The number of piperazine rings is 1. The summed E-state index contributed by atoms with van der Waals surface area (Å²) in [5.74, 6) is 0. The van der Waals surface area contributed by atoms with Crippen LogP contribution in [0.1, 0.15) is 38.3 Å². The van der Waals surface area contributed by atoms with Gasteiger partial charge in [-0.15, -0.1) is 0 Å². The summed E-state index contributed by atoms with van der Waals surface area (Å²) in [6.07, 6.45) is 2.76. The molecule has 0 aliphatic carbocycles. The first-order valence-corrected chi connectivity index (χ1v) is 8.42. The Morgan fingerprint density at radius 3 is 2.67 bits per heavy atom. The Labute approximate surface area is 129 Å². The number of likely N-dealkylation sites (N-methyl/N-ethyl adjacent to an activating group) is 1. The quantitative estimate of drug-likeness (QED) is 0.918. The molecular formula is C18H29N3. The van der Waals surface area contributed by atoms with Gasteiger partial charge < -0.3 is 5.32 Å². The Morgan fingerprint density at radius 1 is 1.19 bits per heavy atom. The zero-order valence-electron chi connectivity index (χ0n) is 13.6. The van der Waals surface area contributed by atoms with E-state index < -0.39 is 0 Å². The first-order valence-electron chi connectivity index (χ1n) is 8.42. The van der Waals surface area contributed by atoms with Crippen LogP contribution in [-0.4, -0.2) is 54.6 Å². The van der Waals surface area contributed by atoms with Crippen molar-refractivity contribution in [2.24, 2.45) is 0 Å². The second-order valence-electron chi connectivity index (χ2n) is 6.75. The van der Waals surface area contributed by atoms with Gasteiger partial charge in [0.15, 0.2) is 0 Å². The number of hydrogen-bond acceptors (Lipinski definition) is 3. The molecule has 2 fully saturated rings. The van der Waals surface area contributed by atoms with Crippen molar-refractivity contribution in [2.45, 2.75) is 50.9 Å². The van der Waals surface area contributed by atoms with E-state index >= 15 is 0 Å². The Morgan fingerprint density at radius 2 is 1.95 bits per heavy atom. The van der Waals surface area contributed by atoms with Crippen molar-refractivity contribution in [1.29, 1.82) is 0 Å². The Kier molecular flexibility index (Phi) is 4.63. The molecule has 2 heterocycles. The van der Waals surface area contributed by atoms with Crippen molar-refractivity contribution in [3.05, 3.63) is 35.9 Å². The summed E-state index contributed by atoms with van der Waals surface area (Å²) in [6, 6.07) is 13.2. The van der Waals surface area contributed by atoms with Crippen molar-refractivity contribution in [3.8, 4) is 0 Å². The van der Waals surface area contributed by atoms with Gasteiger partial charge in [-0.3, -0.25) is 9.80 Å². The topological polar surface area (TPSA) is 18.5 Å². The van der Waals surface area contributed by atoms with Gasteiger partial charge in [0.05, 0.1) is 0 Å². The molecule has 21 heavy (non-hydrogen) atoms. The molecule has 116 valence electrons. The molecule has 0 saturated carbocycles. The normalized spacial score (nSPS) is 30.0. The molecular weight excluding hydrogens is 258 g/mol. The summed E-state index contributed by atoms with van der Waals surface area (Å²) < 4.78 is 0. The molecule has 3 nitrogen and oxygen atoms in total. The average Bonchev–Trinajstić information content (AvgIpc) is 2.95. The Bertz CT molecular complexity index is 447. The Balaban J connectivity index is 1.75. The lowest BCUT2D eigenvalue weighted by Gasteiger charge is -2.47. The fourth-order valence-corrected chi connectivity index (χ4v) is 4.32. The number of hydrogen-bond donors (Lipinski definition) is 1. The highest BCUT2D eigenvalue weighted by Crippen LogP contribution is 2.29. The summed E-state index contributed by atoms with van der Waals surface area (Å²) in [7, 11) is 2.09. The molecule has 4 atom stereocenters. The molecule has 2 saturated heterocycles. The van der Waals surface area contributed by atoms with E-state index in [4.69, 9.17) is 0 Å². The van der Waals surface area contributed by atoms with Crippen molar-refractivity contribution in [3.63, 3.8) is 0 Å². The van der Waals surface area contributed by atoms with Crippen molar-refractivity contribution in [1.82, 2.24) is 15.1 Å². The fourth-order valence-electron chi connectivity index (χ4n) is 4.32. The van der Waals surface area contributed by atoms with E-state index in [1.54, 1.807) is 0 Å². The molecule has 1 aromatic carbocycles. The minimum Gasteiger partial charge on any atom is -0.312 e. The summed E-state index contributed by atoms with van der Waals surface area (Å²) in [4.78, 5) is 5.42. The second-order valence-corrected chi connectivity index (χ2v) is 6.75. The number of rotatable bonds is 4. The zero-order chi connectivity index (χ0) is 14.8. The summed E-state index contributed by atoms with van der Waals surface area (Å²) in [5, 5.41) is 3.54. The van der Waals surface area contributed by atoms with Crippen molar-refractivity contribution in [2.75, 3.05) is 26.7 Å². The van der Waals surface area contributed by atoms with Crippen LogP contribution in [0, 0.1) is 0 Å². The van der Waals surface area contributed by atoms with Gasteiger partial charge >= 0.3 is 0 Å². The third kappa shape index (κ3) is 3.01. The van der Waals surface area contributed by atoms with Gasteiger partial charge in [0.1, 0.15) is 0 Å². The molecule has 0 amide bonds. The van der Waals surface area contributed by atoms with E-state index in [0.717, 1.165) is 6.04 Å². The maximum atomic E-state index is 3.54. The van der Waals surface area contributed by atoms with Crippen LogP contribution in [0.5, 0.6) is 0 Å². The predicted molar refractivity (Wildman–Crippen MR) is 88.5 cm³/mol. The lowest BCUT2D eigenvalue weighted by atomic mass is 9.96. The molecule has 0 bridgehead atoms. The molecule has 1 N–H and O–H groups in total. The second kappa shape index (κ2) is 6.47. The molecule has 0 radical (unpaired) electrons. The highest BCUT2D eigenvalue weighted by molar-refractivity contribution is 5.20. The van der Waals surface area contributed by atoms with Crippen LogP contribution in [0.3, 0.4) is 0 Å². The van der Waals surface area contributed by atoms with Crippen LogP contribution in [0.4, 0.5) is 0 Å². The highest BCUT2D eigenvalue weighted by Gasteiger charge is 2.38. The summed E-state index contributed by atoms with van der Waals surface area (Å²) in [5.41, 5.74) is 1.40. The lowest BCUT2D eigenvalue weighted by Crippen LogP contribution is -2.59. The fraction of sp³-hybridized carbons (Fsp3) is 0.667. The van der Waals surface area contributed by atoms with Gasteiger partial charge in [-0.25, -0.2) is 0 Å². The number of fused-ring (bicyclic) bond motifs is 1. The molecule has 1 aromatic rings. The van der Waals surface area contributed by atoms with Gasteiger partial charge in [0.25, 0.3) is 0 Å². The van der Waals surface area contributed by atoms with Gasteiger partial charge in [0, 0.05) is 37.3 Å². The monoisotopic (exact) mass is 287 g/mol. The third-order valence-electron chi connectivity index (χ3n) is 5.46. The van der Waals surface area contributed by atoms with E-state index in [1.807, 2.05) is 0 Å². The number of nitrogens with zero attached hydrogens (tertiary/aromatic N) is 2. The SMILES string of the molecule is CNC(c1ccccc1)C(C)N1CC2CCCN2CC1C. The molecule has 3 heteroatoms. The molecule has 0 aromatic heterocycles. The molecule has 3 rings (SSSR count). The maximum absolute atomic E-state index is 3.54. The van der Waals surface area contributed by atoms with E-state index in [9.17, 15) is 0 Å². The maximum Gasteiger partial charge on any atom is 0.0473 e. The highest BCUT2D eigenvalue weighted by atomic mass is 15.3. The summed E-state index contributed by atoms with van der Waals surface area (Å²) in [6.45, 7) is 8.55. The van der Waals surface area contributed by atoms with E-state index in [2.05, 4.69) is 66.3 Å². The van der Waals surface area contributed by atoms with Gasteiger partial charge in [-0.2, -0.15) is 0 Å². The number of nitrogens with one attached hydrogen (secondary N) is 1. The minimum atomic E-state index is 0.404. The predicted octanol–water partition coefficient (Wildman–Crippen LogP) is 2.50.